The molecule has 0 unspecified atom stereocenters. The molecular formula is C18H15F2N3O2. The summed E-state index contributed by atoms with van der Waals surface area (Å²) in [5.74, 6) is -1.08. The maximum atomic E-state index is 13.5. The fraction of sp³-hybridized carbons (Fsp3) is 0.111. The van der Waals surface area contributed by atoms with Gasteiger partial charge in [-0.25, -0.2) is 13.6 Å². The van der Waals surface area contributed by atoms with Crippen LogP contribution in [-0.4, -0.2) is 24.2 Å². The first kappa shape index (κ1) is 16.6. The van der Waals surface area contributed by atoms with Gasteiger partial charge in [0.05, 0.1) is 6.54 Å². The highest BCUT2D eigenvalue weighted by molar-refractivity contribution is 5.89. The average Bonchev–Trinajstić information content (AvgIpc) is 2.62. The van der Waals surface area contributed by atoms with E-state index in [1.807, 2.05) is 24.3 Å². The molecule has 1 aromatic heterocycles. The summed E-state index contributed by atoms with van der Waals surface area (Å²) in [6.45, 7) is 0.341. The van der Waals surface area contributed by atoms with E-state index < -0.39 is 23.4 Å². The van der Waals surface area contributed by atoms with Crippen molar-refractivity contribution in [2.75, 3.05) is 18.5 Å². The number of anilines is 1. The van der Waals surface area contributed by atoms with Crippen LogP contribution in [0.3, 0.4) is 0 Å². The first-order valence-corrected chi connectivity index (χ1v) is 7.60. The van der Waals surface area contributed by atoms with E-state index in [9.17, 15) is 13.6 Å². The Bertz CT molecular complexity index is 877. The molecule has 5 nitrogen and oxygen atoms in total. The normalized spacial score (nSPS) is 10.5. The SMILES string of the molecule is O=C(NCCOc1cccc2cccnc12)Nc1c(F)cccc1F. The molecule has 0 saturated heterocycles. The Balaban J connectivity index is 1.52. The monoisotopic (exact) mass is 343 g/mol. The van der Waals surface area contributed by atoms with E-state index in [4.69, 9.17) is 4.74 Å². The number of aromatic nitrogens is 1. The average molecular weight is 343 g/mol. The van der Waals surface area contributed by atoms with E-state index in [2.05, 4.69) is 15.6 Å². The van der Waals surface area contributed by atoms with Gasteiger partial charge in [0, 0.05) is 11.6 Å². The molecule has 0 spiro atoms. The number of ether oxygens (including phenoxy) is 1. The van der Waals surface area contributed by atoms with Gasteiger partial charge >= 0.3 is 6.03 Å². The number of nitrogens with zero attached hydrogens (tertiary/aromatic N) is 1. The number of amides is 2. The van der Waals surface area contributed by atoms with Gasteiger partial charge in [-0.15, -0.1) is 0 Å². The van der Waals surface area contributed by atoms with E-state index in [1.165, 1.54) is 6.07 Å². The third-order valence-corrected chi connectivity index (χ3v) is 3.44. The Morgan fingerprint density at radius 2 is 1.76 bits per heavy atom. The second-order valence-electron chi connectivity index (χ2n) is 5.16. The molecule has 0 atom stereocenters. The van der Waals surface area contributed by atoms with Crippen molar-refractivity contribution in [3.63, 3.8) is 0 Å². The van der Waals surface area contributed by atoms with Crippen LogP contribution in [0.1, 0.15) is 0 Å². The van der Waals surface area contributed by atoms with Gasteiger partial charge in [-0.3, -0.25) is 4.98 Å². The topological polar surface area (TPSA) is 63.2 Å². The lowest BCUT2D eigenvalue weighted by Gasteiger charge is -2.11. The molecule has 0 saturated carbocycles. The molecule has 0 fully saturated rings. The predicted octanol–water partition coefficient (Wildman–Crippen LogP) is 3.71. The van der Waals surface area contributed by atoms with Crippen molar-refractivity contribution in [3.8, 4) is 5.75 Å². The highest BCUT2D eigenvalue weighted by Gasteiger charge is 2.11. The standard InChI is InChI=1S/C18H15F2N3O2/c19-13-6-2-7-14(20)17(13)23-18(24)22-10-11-25-15-8-1-4-12-5-3-9-21-16(12)15/h1-9H,10-11H2,(H2,22,23,24). The van der Waals surface area contributed by atoms with Gasteiger partial charge in [0.15, 0.2) is 0 Å². The van der Waals surface area contributed by atoms with Crippen molar-refractivity contribution < 1.29 is 18.3 Å². The van der Waals surface area contributed by atoms with Crippen molar-refractivity contribution in [2.24, 2.45) is 0 Å². The molecule has 3 aromatic rings. The summed E-state index contributed by atoms with van der Waals surface area (Å²) in [5, 5.41) is 5.56. The Morgan fingerprint density at radius 1 is 1.04 bits per heavy atom. The fourth-order valence-corrected chi connectivity index (χ4v) is 2.29. The lowest BCUT2D eigenvalue weighted by Crippen LogP contribution is -2.32. The van der Waals surface area contributed by atoms with E-state index in [1.54, 1.807) is 12.3 Å². The number of urea groups is 1. The molecule has 0 radical (unpaired) electrons. The number of carbonyl (C=O) groups excluding carboxylic acids is 1. The highest BCUT2D eigenvalue weighted by Crippen LogP contribution is 2.22. The molecular weight excluding hydrogens is 328 g/mol. The minimum Gasteiger partial charge on any atom is -0.489 e. The molecule has 128 valence electrons. The van der Waals surface area contributed by atoms with Crippen molar-refractivity contribution in [1.82, 2.24) is 10.3 Å². The van der Waals surface area contributed by atoms with Crippen LogP contribution in [0.4, 0.5) is 19.3 Å². The maximum Gasteiger partial charge on any atom is 0.319 e. The molecule has 7 heteroatoms. The molecule has 1 heterocycles. The van der Waals surface area contributed by atoms with E-state index in [0.717, 1.165) is 23.0 Å². The molecule has 25 heavy (non-hydrogen) atoms. The van der Waals surface area contributed by atoms with Crippen LogP contribution >= 0.6 is 0 Å². The Labute approximate surface area is 142 Å². The third-order valence-electron chi connectivity index (χ3n) is 3.44. The largest absolute Gasteiger partial charge is 0.489 e. The number of pyridine rings is 1. The van der Waals surface area contributed by atoms with Gasteiger partial charge in [-0.05, 0) is 24.3 Å². The van der Waals surface area contributed by atoms with E-state index in [-0.39, 0.29) is 13.2 Å². The number of benzene rings is 2. The van der Waals surface area contributed by atoms with Crippen LogP contribution in [0, 0.1) is 11.6 Å². The van der Waals surface area contributed by atoms with E-state index in [0.29, 0.717) is 5.75 Å². The molecule has 0 aliphatic heterocycles. The van der Waals surface area contributed by atoms with Gasteiger partial charge in [0.2, 0.25) is 0 Å². The molecule has 0 aliphatic carbocycles. The summed E-state index contributed by atoms with van der Waals surface area (Å²) in [7, 11) is 0. The first-order chi connectivity index (χ1) is 12.1. The van der Waals surface area contributed by atoms with E-state index >= 15 is 0 Å². The molecule has 0 bridgehead atoms. The molecule has 3 rings (SSSR count). The van der Waals surface area contributed by atoms with Crippen LogP contribution in [-0.2, 0) is 0 Å². The Morgan fingerprint density at radius 3 is 2.56 bits per heavy atom. The highest BCUT2D eigenvalue weighted by atomic mass is 19.1. The lowest BCUT2D eigenvalue weighted by molar-refractivity contribution is 0.247. The second-order valence-corrected chi connectivity index (χ2v) is 5.16. The molecule has 2 N–H and O–H groups in total. The van der Waals surface area contributed by atoms with Crippen molar-refractivity contribution >= 4 is 22.6 Å². The summed E-state index contributed by atoms with van der Waals surface area (Å²) >= 11 is 0. The molecule has 2 amide bonds. The number of hydrogen-bond acceptors (Lipinski definition) is 3. The van der Waals surface area contributed by atoms with Gasteiger partial charge in [0.1, 0.15) is 35.2 Å². The summed E-state index contributed by atoms with van der Waals surface area (Å²) in [5.41, 5.74) is 0.238. The minimum atomic E-state index is -0.840. The number of carbonyl (C=O) groups is 1. The van der Waals surface area contributed by atoms with Gasteiger partial charge in [-0.1, -0.05) is 24.3 Å². The van der Waals surface area contributed by atoms with Crippen LogP contribution < -0.4 is 15.4 Å². The van der Waals surface area contributed by atoms with Crippen molar-refractivity contribution in [2.45, 2.75) is 0 Å². The molecule has 2 aromatic carbocycles. The van der Waals surface area contributed by atoms with Gasteiger partial charge in [0.25, 0.3) is 0 Å². The second kappa shape index (κ2) is 7.57. The van der Waals surface area contributed by atoms with Crippen molar-refractivity contribution in [1.29, 1.82) is 0 Å². The summed E-state index contributed by atoms with van der Waals surface area (Å²) < 4.78 is 32.5. The minimum absolute atomic E-state index is 0.158. The fourth-order valence-electron chi connectivity index (χ4n) is 2.29. The smallest absolute Gasteiger partial charge is 0.319 e. The Kier molecular flexibility index (Phi) is 5.03. The van der Waals surface area contributed by atoms with Crippen molar-refractivity contribution in [3.05, 3.63) is 66.4 Å². The van der Waals surface area contributed by atoms with Gasteiger partial charge < -0.3 is 15.4 Å². The molecule has 0 aliphatic rings. The van der Waals surface area contributed by atoms with Crippen LogP contribution in [0.25, 0.3) is 10.9 Å². The number of nitrogens with one attached hydrogen (secondary N) is 2. The number of fused-ring (bicyclic) bond motifs is 1. The lowest BCUT2D eigenvalue weighted by atomic mass is 10.2. The zero-order chi connectivity index (χ0) is 17.6. The third kappa shape index (κ3) is 4.00. The number of hydrogen-bond donors (Lipinski definition) is 2. The number of rotatable bonds is 5. The maximum absolute atomic E-state index is 13.5. The summed E-state index contributed by atoms with van der Waals surface area (Å²) in [6, 6.07) is 11.9. The Hall–Kier alpha value is -3.22. The predicted molar refractivity (Wildman–Crippen MR) is 90.6 cm³/mol. The summed E-state index contributed by atoms with van der Waals surface area (Å²) in [4.78, 5) is 16.0. The first-order valence-electron chi connectivity index (χ1n) is 7.60. The summed E-state index contributed by atoms with van der Waals surface area (Å²) in [6.07, 6.45) is 1.67. The number of para-hydroxylation sites is 2. The zero-order valence-corrected chi connectivity index (χ0v) is 13.1. The van der Waals surface area contributed by atoms with Crippen LogP contribution in [0.2, 0.25) is 0 Å². The van der Waals surface area contributed by atoms with Crippen LogP contribution in [0.5, 0.6) is 5.75 Å². The quantitative estimate of drug-likeness (QED) is 0.694. The zero-order valence-electron chi connectivity index (χ0n) is 13.1. The van der Waals surface area contributed by atoms with Crippen LogP contribution in [0.15, 0.2) is 54.7 Å². The van der Waals surface area contributed by atoms with Gasteiger partial charge in [-0.2, -0.15) is 0 Å². The number of halogens is 2.